The van der Waals surface area contributed by atoms with Gasteiger partial charge in [0.2, 0.25) is 5.95 Å². The van der Waals surface area contributed by atoms with Crippen LogP contribution in [-0.4, -0.2) is 49.3 Å². The molecule has 2 unspecified atom stereocenters. The Balaban J connectivity index is 1.45. The van der Waals surface area contributed by atoms with Crippen LogP contribution in [0.15, 0.2) is 60.7 Å². The molecule has 0 radical (unpaired) electrons. The molecule has 1 amide bonds. The number of hydrogen-bond donors (Lipinski definition) is 2. The minimum Gasteiger partial charge on any atom is -0.465 e. The third kappa shape index (κ3) is 4.30. The molecule has 0 bridgehead atoms. The number of imidazole rings is 1. The highest BCUT2D eigenvalue weighted by atomic mass is 16.4. The van der Waals surface area contributed by atoms with Crippen LogP contribution < -0.4 is 5.32 Å². The van der Waals surface area contributed by atoms with Gasteiger partial charge in [-0.2, -0.15) is 0 Å². The number of fused-ring (bicyclic) bond motifs is 2. The van der Waals surface area contributed by atoms with Gasteiger partial charge in [0.05, 0.1) is 28.8 Å². The Morgan fingerprint density at radius 2 is 1.76 bits per heavy atom. The van der Waals surface area contributed by atoms with Crippen molar-refractivity contribution in [1.29, 1.82) is 0 Å². The van der Waals surface area contributed by atoms with Crippen LogP contribution in [0, 0.1) is 5.41 Å². The van der Waals surface area contributed by atoms with Gasteiger partial charge in [0.25, 0.3) is 0 Å². The van der Waals surface area contributed by atoms with Gasteiger partial charge in [-0.3, -0.25) is 4.98 Å². The molecular weight excluding hydrogens is 426 g/mol. The fourth-order valence-corrected chi connectivity index (χ4v) is 5.03. The van der Waals surface area contributed by atoms with Gasteiger partial charge >= 0.3 is 6.09 Å². The number of piperidine rings is 1. The van der Waals surface area contributed by atoms with Crippen LogP contribution in [0.3, 0.4) is 0 Å². The van der Waals surface area contributed by atoms with E-state index in [0.29, 0.717) is 13.1 Å². The van der Waals surface area contributed by atoms with Crippen molar-refractivity contribution < 1.29 is 9.90 Å². The van der Waals surface area contributed by atoms with E-state index in [-0.39, 0.29) is 17.5 Å². The lowest BCUT2D eigenvalue weighted by Crippen LogP contribution is -2.54. The first-order chi connectivity index (χ1) is 16.3. The maximum Gasteiger partial charge on any atom is 0.407 e. The van der Waals surface area contributed by atoms with E-state index in [2.05, 4.69) is 54.9 Å². The van der Waals surface area contributed by atoms with E-state index < -0.39 is 6.09 Å². The van der Waals surface area contributed by atoms with Crippen molar-refractivity contribution in [2.45, 2.75) is 52.2 Å². The summed E-state index contributed by atoms with van der Waals surface area (Å²) in [6.45, 7) is 7.44. The van der Waals surface area contributed by atoms with Gasteiger partial charge in [0, 0.05) is 24.0 Å². The molecule has 0 aliphatic carbocycles. The normalized spacial score (nSPS) is 19.0. The molecule has 34 heavy (non-hydrogen) atoms. The second-order valence-electron chi connectivity index (χ2n) is 10.2. The van der Waals surface area contributed by atoms with Crippen molar-refractivity contribution in [3.8, 4) is 0 Å². The Kier molecular flexibility index (Phi) is 5.63. The zero-order valence-electron chi connectivity index (χ0n) is 19.9. The third-order valence-corrected chi connectivity index (χ3v) is 6.81. The highest BCUT2D eigenvalue weighted by molar-refractivity contribution is 5.80. The van der Waals surface area contributed by atoms with Gasteiger partial charge < -0.3 is 19.9 Å². The molecule has 1 fully saturated rings. The lowest BCUT2D eigenvalue weighted by atomic mass is 9.79. The van der Waals surface area contributed by atoms with Gasteiger partial charge in [-0.15, -0.1) is 0 Å². The third-order valence-electron chi connectivity index (χ3n) is 6.81. The molecule has 2 atom stereocenters. The van der Waals surface area contributed by atoms with E-state index in [4.69, 9.17) is 9.97 Å². The zero-order valence-corrected chi connectivity index (χ0v) is 19.9. The van der Waals surface area contributed by atoms with Gasteiger partial charge in [-0.25, -0.2) is 9.78 Å². The molecule has 5 rings (SSSR count). The summed E-state index contributed by atoms with van der Waals surface area (Å²) in [4.78, 5) is 23.2. The molecule has 0 spiro atoms. The quantitative estimate of drug-likeness (QED) is 0.417. The number of aromatic nitrogens is 3. The number of hydrogen-bond acceptors (Lipinski definition) is 4. The van der Waals surface area contributed by atoms with Crippen molar-refractivity contribution in [2.24, 2.45) is 5.41 Å². The molecule has 3 heterocycles. The number of pyridine rings is 1. The van der Waals surface area contributed by atoms with Gasteiger partial charge in [-0.05, 0) is 42.5 Å². The number of carbonyl (C=O) groups is 1. The molecular formula is C27H31N5O2. The van der Waals surface area contributed by atoms with E-state index in [9.17, 15) is 9.90 Å². The Morgan fingerprint density at radius 1 is 1.03 bits per heavy atom. The summed E-state index contributed by atoms with van der Waals surface area (Å²) in [6, 6.07) is 20.5. The maximum absolute atomic E-state index is 11.8. The standard InChI is InChI=1S/C27H31N5O2/c1-27(2,3)24-16-19(14-15-31(24)26(33)34)29-25-30-22-10-6-7-11-23(22)32(25)17-20-13-12-18-8-4-5-9-21(18)28-20/h4-13,19,24H,14-17H2,1-3H3,(H,29,30)(H,33,34). The number of amides is 1. The average Bonchev–Trinajstić information content (AvgIpc) is 3.15. The van der Waals surface area contributed by atoms with E-state index in [1.165, 1.54) is 0 Å². The summed E-state index contributed by atoms with van der Waals surface area (Å²) >= 11 is 0. The highest BCUT2D eigenvalue weighted by Gasteiger charge is 2.39. The van der Waals surface area contributed by atoms with Crippen LogP contribution >= 0.6 is 0 Å². The molecule has 7 nitrogen and oxygen atoms in total. The van der Waals surface area contributed by atoms with Crippen LogP contribution in [0.2, 0.25) is 0 Å². The monoisotopic (exact) mass is 457 g/mol. The number of benzene rings is 2. The summed E-state index contributed by atoms with van der Waals surface area (Å²) in [7, 11) is 0. The molecule has 1 aliphatic rings. The SMILES string of the molecule is CC(C)(C)C1CC(Nc2nc3ccccc3n2Cc2ccc3ccccc3n2)CCN1C(=O)O. The highest BCUT2D eigenvalue weighted by Crippen LogP contribution is 2.33. The number of nitrogens with one attached hydrogen (secondary N) is 1. The number of para-hydroxylation sites is 3. The zero-order chi connectivity index (χ0) is 23.9. The summed E-state index contributed by atoms with van der Waals surface area (Å²) in [5.74, 6) is 0.803. The first-order valence-corrected chi connectivity index (χ1v) is 11.9. The minimum absolute atomic E-state index is 0.0590. The van der Waals surface area contributed by atoms with Crippen LogP contribution in [-0.2, 0) is 6.54 Å². The number of rotatable bonds is 4. The van der Waals surface area contributed by atoms with Crippen molar-refractivity contribution in [2.75, 3.05) is 11.9 Å². The van der Waals surface area contributed by atoms with Crippen LogP contribution in [0.5, 0.6) is 0 Å². The van der Waals surface area contributed by atoms with Gasteiger partial charge in [-0.1, -0.05) is 57.2 Å². The summed E-state index contributed by atoms with van der Waals surface area (Å²) in [6.07, 6.45) is 0.650. The molecule has 176 valence electrons. The Bertz CT molecular complexity index is 1340. The van der Waals surface area contributed by atoms with Crippen LogP contribution in [0.1, 0.15) is 39.3 Å². The second-order valence-corrected chi connectivity index (χ2v) is 10.2. The summed E-state index contributed by atoms with van der Waals surface area (Å²) < 4.78 is 2.18. The minimum atomic E-state index is -0.840. The van der Waals surface area contributed by atoms with Crippen LogP contribution in [0.25, 0.3) is 21.9 Å². The smallest absolute Gasteiger partial charge is 0.407 e. The molecule has 1 saturated heterocycles. The number of nitrogens with zero attached hydrogens (tertiary/aromatic N) is 4. The van der Waals surface area contributed by atoms with Crippen molar-refractivity contribution in [3.63, 3.8) is 0 Å². The van der Waals surface area contributed by atoms with Crippen molar-refractivity contribution >= 4 is 34.0 Å². The lowest BCUT2D eigenvalue weighted by molar-refractivity contribution is 0.0556. The number of carboxylic acid groups (broad SMARTS) is 1. The first kappa shape index (κ1) is 22.2. The predicted octanol–water partition coefficient (Wildman–Crippen LogP) is 5.60. The number of likely N-dealkylation sites (tertiary alicyclic amines) is 1. The first-order valence-electron chi connectivity index (χ1n) is 11.9. The lowest BCUT2D eigenvalue weighted by Gasteiger charge is -2.44. The van der Waals surface area contributed by atoms with E-state index in [1.54, 1.807) is 4.90 Å². The molecule has 2 aromatic heterocycles. The van der Waals surface area contributed by atoms with E-state index in [0.717, 1.165) is 46.4 Å². The topological polar surface area (TPSA) is 83.3 Å². The molecule has 1 aliphatic heterocycles. The Labute approximate surface area is 199 Å². The Hall–Kier alpha value is -3.61. The fraction of sp³-hybridized carbons (Fsp3) is 0.370. The van der Waals surface area contributed by atoms with E-state index >= 15 is 0 Å². The molecule has 7 heteroatoms. The second kappa shape index (κ2) is 8.63. The fourth-order valence-electron chi connectivity index (χ4n) is 5.03. The van der Waals surface area contributed by atoms with E-state index in [1.807, 2.05) is 36.4 Å². The van der Waals surface area contributed by atoms with Gasteiger partial charge in [0.1, 0.15) is 0 Å². The maximum atomic E-state index is 11.8. The Morgan fingerprint density at radius 3 is 2.53 bits per heavy atom. The average molecular weight is 458 g/mol. The molecule has 0 saturated carbocycles. The largest absolute Gasteiger partial charge is 0.465 e. The van der Waals surface area contributed by atoms with Crippen molar-refractivity contribution in [1.82, 2.24) is 19.4 Å². The molecule has 2 aromatic carbocycles. The van der Waals surface area contributed by atoms with Crippen molar-refractivity contribution in [3.05, 3.63) is 66.4 Å². The molecule has 4 aromatic rings. The number of anilines is 1. The summed E-state index contributed by atoms with van der Waals surface area (Å²) in [5.41, 5.74) is 3.79. The predicted molar refractivity (Wildman–Crippen MR) is 135 cm³/mol. The van der Waals surface area contributed by atoms with Crippen LogP contribution in [0.4, 0.5) is 10.7 Å². The summed E-state index contributed by atoms with van der Waals surface area (Å²) in [5, 5.41) is 14.5. The molecule has 2 N–H and O–H groups in total. The van der Waals surface area contributed by atoms with Gasteiger partial charge in [0.15, 0.2) is 0 Å².